The predicted octanol–water partition coefficient (Wildman–Crippen LogP) is 2.55. The molecule has 120 valence electrons. The van der Waals surface area contributed by atoms with Crippen LogP contribution in [-0.2, 0) is 11.2 Å². The highest BCUT2D eigenvalue weighted by Gasteiger charge is 2.26. The summed E-state index contributed by atoms with van der Waals surface area (Å²) in [6.45, 7) is 1.72. The smallest absolute Gasteiger partial charge is 0.226 e. The molecular weight excluding hydrogens is 322 g/mol. The lowest BCUT2D eigenvalue weighted by Gasteiger charge is -2.30. The van der Waals surface area contributed by atoms with Crippen LogP contribution in [0.25, 0.3) is 10.1 Å². The van der Waals surface area contributed by atoms with E-state index in [1.807, 2.05) is 23.6 Å². The number of likely N-dealkylation sites (N-methyl/N-ethyl adjacent to an activating group) is 1. The number of rotatable bonds is 6. The van der Waals surface area contributed by atoms with Crippen molar-refractivity contribution in [2.24, 2.45) is 5.41 Å². The molecule has 0 aliphatic heterocycles. The summed E-state index contributed by atoms with van der Waals surface area (Å²) in [6.07, 6.45) is 0.282. The first-order valence-electron chi connectivity index (χ1n) is 7.00. The Morgan fingerprint density at radius 1 is 1.36 bits per heavy atom. The average Bonchev–Trinajstić information content (AvgIpc) is 2.89. The highest BCUT2D eigenvalue weighted by molar-refractivity contribution is 7.17. The van der Waals surface area contributed by atoms with Crippen LogP contribution in [0.15, 0.2) is 23.6 Å². The average molecular weight is 342 g/mol. The van der Waals surface area contributed by atoms with Gasteiger partial charge in [-0.3, -0.25) is 4.79 Å². The second-order valence-corrected chi connectivity index (χ2v) is 7.30. The van der Waals surface area contributed by atoms with Crippen LogP contribution in [-0.4, -0.2) is 47.8 Å². The standard InChI is InChI=1S/C16H20ClNO3S/c1-16(9-19,10-20)8-18(2)15(21)5-11-7-22-14-4-3-12(17)6-13(11)14/h3-4,6-7,19-20H,5,8-10H2,1-2H3. The molecule has 0 spiro atoms. The molecule has 0 fully saturated rings. The van der Waals surface area contributed by atoms with Crippen molar-refractivity contribution in [3.05, 3.63) is 34.2 Å². The molecule has 0 unspecified atom stereocenters. The lowest BCUT2D eigenvalue weighted by Crippen LogP contribution is -2.42. The van der Waals surface area contributed by atoms with E-state index in [9.17, 15) is 15.0 Å². The Kier molecular flexibility index (Phi) is 5.45. The molecule has 1 amide bonds. The minimum atomic E-state index is -0.690. The van der Waals surface area contributed by atoms with E-state index in [4.69, 9.17) is 11.6 Å². The molecular formula is C16H20ClNO3S. The first-order chi connectivity index (χ1) is 10.4. The summed E-state index contributed by atoms with van der Waals surface area (Å²) < 4.78 is 1.10. The molecule has 0 radical (unpaired) electrons. The van der Waals surface area contributed by atoms with Gasteiger partial charge in [-0.15, -0.1) is 11.3 Å². The molecule has 1 heterocycles. The third kappa shape index (κ3) is 3.79. The van der Waals surface area contributed by atoms with E-state index in [0.717, 1.165) is 15.6 Å². The first-order valence-corrected chi connectivity index (χ1v) is 8.25. The van der Waals surface area contributed by atoms with Crippen molar-refractivity contribution in [1.82, 2.24) is 4.90 Å². The highest BCUT2D eigenvalue weighted by Crippen LogP contribution is 2.29. The van der Waals surface area contributed by atoms with Crippen molar-refractivity contribution >= 4 is 38.9 Å². The number of aliphatic hydroxyl groups is 2. The predicted molar refractivity (Wildman–Crippen MR) is 90.5 cm³/mol. The van der Waals surface area contributed by atoms with Crippen molar-refractivity contribution < 1.29 is 15.0 Å². The highest BCUT2D eigenvalue weighted by atomic mass is 35.5. The van der Waals surface area contributed by atoms with E-state index >= 15 is 0 Å². The number of hydrogen-bond acceptors (Lipinski definition) is 4. The molecule has 0 aliphatic rings. The number of thiophene rings is 1. The Labute approximate surface area is 138 Å². The molecule has 0 aliphatic carbocycles. The SMILES string of the molecule is CN(CC(C)(CO)CO)C(=O)Cc1csc2ccc(Cl)cc12. The number of amides is 1. The summed E-state index contributed by atoms with van der Waals surface area (Å²) in [7, 11) is 1.69. The lowest BCUT2D eigenvalue weighted by atomic mass is 9.92. The number of halogens is 1. The number of aliphatic hydroxyl groups excluding tert-OH is 2. The maximum absolute atomic E-state index is 12.4. The largest absolute Gasteiger partial charge is 0.396 e. The maximum atomic E-state index is 12.4. The summed E-state index contributed by atoms with van der Waals surface area (Å²) >= 11 is 7.61. The Hall–Kier alpha value is -1.14. The Morgan fingerprint density at radius 2 is 2.05 bits per heavy atom. The van der Waals surface area contributed by atoms with Gasteiger partial charge in [0.25, 0.3) is 0 Å². The van der Waals surface area contributed by atoms with Gasteiger partial charge >= 0.3 is 0 Å². The second kappa shape index (κ2) is 6.96. The van der Waals surface area contributed by atoms with Gasteiger partial charge in [0.1, 0.15) is 0 Å². The zero-order chi connectivity index (χ0) is 16.3. The molecule has 0 saturated heterocycles. The summed E-state index contributed by atoms with van der Waals surface area (Å²) in [5.41, 5.74) is 0.263. The van der Waals surface area contributed by atoms with Gasteiger partial charge in [-0.1, -0.05) is 18.5 Å². The summed E-state index contributed by atoms with van der Waals surface area (Å²) in [5.74, 6) is -0.0483. The van der Waals surface area contributed by atoms with Gasteiger partial charge in [-0.2, -0.15) is 0 Å². The molecule has 22 heavy (non-hydrogen) atoms. The van der Waals surface area contributed by atoms with Crippen molar-refractivity contribution in [3.8, 4) is 0 Å². The fraction of sp³-hybridized carbons (Fsp3) is 0.438. The molecule has 1 aromatic heterocycles. The third-order valence-corrected chi connectivity index (χ3v) is 5.01. The van der Waals surface area contributed by atoms with Crippen LogP contribution in [0.2, 0.25) is 5.02 Å². The number of benzene rings is 1. The van der Waals surface area contributed by atoms with Gasteiger partial charge in [-0.05, 0) is 34.5 Å². The summed E-state index contributed by atoms with van der Waals surface area (Å²) in [5, 5.41) is 22.3. The van der Waals surface area contributed by atoms with E-state index in [-0.39, 0.29) is 25.5 Å². The fourth-order valence-corrected chi connectivity index (χ4v) is 3.41. The number of fused-ring (bicyclic) bond motifs is 1. The van der Waals surface area contributed by atoms with Gasteiger partial charge < -0.3 is 15.1 Å². The second-order valence-electron chi connectivity index (χ2n) is 5.95. The van der Waals surface area contributed by atoms with Crippen LogP contribution in [0.3, 0.4) is 0 Å². The molecule has 2 rings (SSSR count). The molecule has 2 aromatic rings. The van der Waals surface area contributed by atoms with Gasteiger partial charge in [0.15, 0.2) is 0 Å². The minimum Gasteiger partial charge on any atom is -0.396 e. The van der Waals surface area contributed by atoms with Crippen molar-refractivity contribution in [2.75, 3.05) is 26.8 Å². The maximum Gasteiger partial charge on any atom is 0.226 e. The van der Waals surface area contributed by atoms with Crippen LogP contribution in [0.5, 0.6) is 0 Å². The van der Waals surface area contributed by atoms with Gasteiger partial charge in [0.05, 0.1) is 19.6 Å². The van der Waals surface area contributed by atoms with Crippen LogP contribution in [0.1, 0.15) is 12.5 Å². The molecule has 0 atom stereocenters. The summed E-state index contributed by atoms with van der Waals surface area (Å²) in [4.78, 5) is 13.9. The first kappa shape index (κ1) is 17.2. The molecule has 4 nitrogen and oxygen atoms in total. The number of carbonyl (C=O) groups excluding carboxylic acids is 1. The van der Waals surface area contributed by atoms with Crippen molar-refractivity contribution in [2.45, 2.75) is 13.3 Å². The zero-order valence-corrected chi connectivity index (χ0v) is 14.2. The Balaban J connectivity index is 2.12. The third-order valence-electron chi connectivity index (χ3n) is 3.77. The van der Waals surface area contributed by atoms with E-state index in [2.05, 4.69) is 0 Å². The lowest BCUT2D eigenvalue weighted by molar-refractivity contribution is -0.131. The van der Waals surface area contributed by atoms with Crippen molar-refractivity contribution in [1.29, 1.82) is 0 Å². The summed E-state index contributed by atoms with van der Waals surface area (Å²) in [6, 6.07) is 5.67. The van der Waals surface area contributed by atoms with E-state index in [1.54, 1.807) is 30.2 Å². The van der Waals surface area contributed by atoms with Gasteiger partial charge in [0, 0.05) is 28.7 Å². The number of carbonyl (C=O) groups is 1. The van der Waals surface area contributed by atoms with Gasteiger partial charge in [-0.25, -0.2) is 0 Å². The van der Waals surface area contributed by atoms with Gasteiger partial charge in [0.2, 0.25) is 5.91 Å². The van der Waals surface area contributed by atoms with E-state index in [1.165, 1.54) is 0 Å². The monoisotopic (exact) mass is 341 g/mol. The van der Waals surface area contributed by atoms with Crippen LogP contribution >= 0.6 is 22.9 Å². The van der Waals surface area contributed by atoms with Crippen LogP contribution < -0.4 is 0 Å². The normalized spacial score (nSPS) is 11.9. The van der Waals surface area contributed by atoms with Crippen molar-refractivity contribution in [3.63, 3.8) is 0 Å². The molecule has 1 aromatic carbocycles. The molecule has 0 bridgehead atoms. The topological polar surface area (TPSA) is 60.8 Å². The molecule has 0 saturated carbocycles. The van der Waals surface area contributed by atoms with Crippen LogP contribution in [0, 0.1) is 5.41 Å². The number of nitrogens with zero attached hydrogens (tertiary/aromatic N) is 1. The zero-order valence-electron chi connectivity index (χ0n) is 12.7. The van der Waals surface area contributed by atoms with E-state index in [0.29, 0.717) is 11.6 Å². The number of hydrogen-bond donors (Lipinski definition) is 2. The van der Waals surface area contributed by atoms with Crippen LogP contribution in [0.4, 0.5) is 0 Å². The minimum absolute atomic E-state index is 0.0483. The Bertz CT molecular complexity index is 666. The van der Waals surface area contributed by atoms with E-state index < -0.39 is 5.41 Å². The quantitative estimate of drug-likeness (QED) is 0.848. The molecule has 6 heteroatoms. The Morgan fingerprint density at radius 3 is 2.68 bits per heavy atom. The fourth-order valence-electron chi connectivity index (χ4n) is 2.30. The molecule has 2 N–H and O–H groups in total.